The van der Waals surface area contributed by atoms with E-state index in [2.05, 4.69) is 106 Å². The van der Waals surface area contributed by atoms with Gasteiger partial charge in [0.05, 0.1) is 0 Å². The number of esters is 3. The fourth-order valence-electron chi connectivity index (χ4n) is 5.53. The van der Waals surface area contributed by atoms with Crippen LogP contribution in [-0.2, 0) is 28.6 Å². The zero-order chi connectivity index (χ0) is 40.1. The Kier molecular flexibility index (Phi) is 40.6. The van der Waals surface area contributed by atoms with E-state index in [1.54, 1.807) is 0 Å². The minimum atomic E-state index is -0.820. The van der Waals surface area contributed by atoms with E-state index in [-0.39, 0.29) is 44.0 Å². The smallest absolute Gasteiger partial charge is 0.306 e. The average molecular weight is 765 g/mol. The highest BCUT2D eigenvalue weighted by molar-refractivity contribution is 5.71. The summed E-state index contributed by atoms with van der Waals surface area (Å²) in [5.41, 5.74) is 0. The topological polar surface area (TPSA) is 78.9 Å². The van der Waals surface area contributed by atoms with Crippen molar-refractivity contribution in [3.8, 4) is 0 Å². The molecule has 0 bridgehead atoms. The normalized spacial score (nSPS) is 12.9. The van der Waals surface area contributed by atoms with Crippen molar-refractivity contribution < 1.29 is 28.6 Å². The highest BCUT2D eigenvalue weighted by Gasteiger charge is 2.19. The number of rotatable bonds is 38. The van der Waals surface area contributed by atoms with Crippen molar-refractivity contribution in [2.75, 3.05) is 13.2 Å². The van der Waals surface area contributed by atoms with Crippen LogP contribution in [0.1, 0.15) is 188 Å². The Bertz CT molecular complexity index is 1110. The molecule has 0 fully saturated rings. The van der Waals surface area contributed by atoms with Gasteiger partial charge in [-0.05, 0) is 96.3 Å². The third-order valence-electron chi connectivity index (χ3n) is 8.88. The quantitative estimate of drug-likeness (QED) is 0.0205. The van der Waals surface area contributed by atoms with Gasteiger partial charge in [-0.2, -0.15) is 0 Å². The van der Waals surface area contributed by atoms with Crippen molar-refractivity contribution in [1.29, 1.82) is 0 Å². The van der Waals surface area contributed by atoms with Crippen LogP contribution in [0.5, 0.6) is 0 Å². The predicted molar refractivity (Wildman–Crippen MR) is 233 cm³/mol. The molecule has 0 N–H and O–H groups in total. The monoisotopic (exact) mass is 765 g/mol. The molecule has 0 amide bonds. The highest BCUT2D eigenvalue weighted by atomic mass is 16.6. The maximum Gasteiger partial charge on any atom is 0.306 e. The third kappa shape index (κ3) is 41.6. The fraction of sp³-hybridized carbons (Fsp3) is 0.653. The lowest BCUT2D eigenvalue weighted by atomic mass is 10.1. The van der Waals surface area contributed by atoms with Crippen molar-refractivity contribution in [2.45, 2.75) is 194 Å². The molecule has 0 aliphatic carbocycles. The van der Waals surface area contributed by atoms with Crippen molar-refractivity contribution in [1.82, 2.24) is 0 Å². The molecule has 0 aromatic rings. The number of carbonyl (C=O) groups excluding carboxylic acids is 3. The van der Waals surface area contributed by atoms with E-state index in [4.69, 9.17) is 14.2 Å². The van der Waals surface area contributed by atoms with Gasteiger partial charge in [0.25, 0.3) is 0 Å². The number of carbonyl (C=O) groups is 3. The molecule has 0 saturated heterocycles. The standard InChI is InChI=1S/C49H80O6/c1-4-7-10-13-16-19-21-22-23-24-25-26-28-30-33-36-39-42-48(51)54-45-46(44-53-47(50)41-38-35-32-29-18-15-12-9-6-3)55-49(52)43-40-37-34-31-27-20-17-14-11-8-5-2/h9,12,14,17-18,20,22-23,25-27,29-30,33,46H,4-8,10-11,13,15-16,19,21,24,28,31-32,34-45H2,1-3H3/b12-9-,17-14-,23-22-,26-25-,27-20-,29-18-,33-30-. The van der Waals surface area contributed by atoms with E-state index in [0.717, 1.165) is 77.0 Å². The first kappa shape index (κ1) is 51.6. The van der Waals surface area contributed by atoms with E-state index >= 15 is 0 Å². The molecular formula is C49H80O6. The van der Waals surface area contributed by atoms with Crippen LogP contribution in [-0.4, -0.2) is 37.2 Å². The van der Waals surface area contributed by atoms with Gasteiger partial charge in [0, 0.05) is 19.3 Å². The van der Waals surface area contributed by atoms with E-state index < -0.39 is 6.10 Å². The van der Waals surface area contributed by atoms with Crippen LogP contribution >= 0.6 is 0 Å². The molecule has 6 nitrogen and oxygen atoms in total. The van der Waals surface area contributed by atoms with Crippen molar-refractivity contribution in [2.24, 2.45) is 0 Å². The van der Waals surface area contributed by atoms with Gasteiger partial charge in [0.2, 0.25) is 0 Å². The highest BCUT2D eigenvalue weighted by Crippen LogP contribution is 2.10. The summed E-state index contributed by atoms with van der Waals surface area (Å²) < 4.78 is 16.5. The van der Waals surface area contributed by atoms with Gasteiger partial charge in [-0.15, -0.1) is 0 Å². The summed E-state index contributed by atoms with van der Waals surface area (Å²) in [5, 5.41) is 0. The number of hydrogen-bond acceptors (Lipinski definition) is 6. The molecule has 0 aliphatic heterocycles. The Morgan fingerprint density at radius 1 is 0.400 bits per heavy atom. The number of ether oxygens (including phenoxy) is 3. The number of unbranched alkanes of at least 4 members (excludes halogenated alkanes) is 14. The molecule has 0 heterocycles. The molecule has 0 saturated carbocycles. The van der Waals surface area contributed by atoms with Crippen LogP contribution in [0.2, 0.25) is 0 Å². The Balaban J connectivity index is 4.50. The first-order valence-electron chi connectivity index (χ1n) is 22.1. The van der Waals surface area contributed by atoms with E-state index in [1.807, 2.05) is 0 Å². The average Bonchev–Trinajstić information content (AvgIpc) is 3.18. The van der Waals surface area contributed by atoms with Gasteiger partial charge in [0.15, 0.2) is 6.10 Å². The Morgan fingerprint density at radius 3 is 1.38 bits per heavy atom. The molecule has 0 aromatic carbocycles. The Labute approximate surface area is 337 Å². The maximum atomic E-state index is 12.7. The molecule has 0 rings (SSSR count). The van der Waals surface area contributed by atoms with Crippen LogP contribution in [0, 0.1) is 0 Å². The SMILES string of the molecule is CC/C=C\C/C=C\CCCCC(=O)OCC(COC(=O)CCC/C=C\C/C=C\C/C=C\CCCCCCCC)OC(=O)CCCCC/C=C\C=C/CCCC. The van der Waals surface area contributed by atoms with E-state index in [0.29, 0.717) is 19.3 Å². The second-order valence-corrected chi connectivity index (χ2v) is 14.2. The minimum Gasteiger partial charge on any atom is -0.462 e. The first-order valence-corrected chi connectivity index (χ1v) is 22.1. The van der Waals surface area contributed by atoms with Crippen molar-refractivity contribution >= 4 is 17.9 Å². The Morgan fingerprint density at radius 2 is 0.800 bits per heavy atom. The lowest BCUT2D eigenvalue weighted by Crippen LogP contribution is -2.30. The molecule has 0 aromatic heterocycles. The van der Waals surface area contributed by atoms with Crippen molar-refractivity contribution in [3.05, 3.63) is 85.1 Å². The van der Waals surface area contributed by atoms with E-state index in [1.165, 1.54) is 57.8 Å². The van der Waals surface area contributed by atoms with Gasteiger partial charge in [-0.1, -0.05) is 157 Å². The molecule has 1 atom stereocenters. The fourth-order valence-corrected chi connectivity index (χ4v) is 5.53. The van der Waals surface area contributed by atoms with Crippen LogP contribution in [0.4, 0.5) is 0 Å². The second-order valence-electron chi connectivity index (χ2n) is 14.2. The summed E-state index contributed by atoms with van der Waals surface area (Å²) in [5.74, 6) is -1.05. The molecule has 0 spiro atoms. The summed E-state index contributed by atoms with van der Waals surface area (Å²) in [6.07, 6.45) is 54.5. The minimum absolute atomic E-state index is 0.122. The molecule has 0 aliphatic rings. The molecule has 6 heteroatoms. The molecule has 1 unspecified atom stereocenters. The number of allylic oxidation sites excluding steroid dienone is 14. The van der Waals surface area contributed by atoms with Crippen LogP contribution in [0.15, 0.2) is 85.1 Å². The van der Waals surface area contributed by atoms with Crippen LogP contribution < -0.4 is 0 Å². The summed E-state index contributed by atoms with van der Waals surface area (Å²) >= 11 is 0. The van der Waals surface area contributed by atoms with Gasteiger partial charge >= 0.3 is 17.9 Å². The third-order valence-corrected chi connectivity index (χ3v) is 8.88. The molecule has 0 radical (unpaired) electrons. The van der Waals surface area contributed by atoms with Crippen LogP contribution in [0.3, 0.4) is 0 Å². The largest absolute Gasteiger partial charge is 0.462 e. The predicted octanol–water partition coefficient (Wildman–Crippen LogP) is 14.1. The summed E-state index contributed by atoms with van der Waals surface area (Å²) in [6, 6.07) is 0. The first-order chi connectivity index (χ1) is 27.0. The van der Waals surface area contributed by atoms with Crippen molar-refractivity contribution in [3.63, 3.8) is 0 Å². The molecule has 312 valence electrons. The summed E-state index contributed by atoms with van der Waals surface area (Å²) in [7, 11) is 0. The second kappa shape index (κ2) is 43.3. The lowest BCUT2D eigenvalue weighted by molar-refractivity contribution is -0.167. The number of hydrogen-bond donors (Lipinski definition) is 0. The van der Waals surface area contributed by atoms with Gasteiger partial charge in [-0.3, -0.25) is 14.4 Å². The summed E-state index contributed by atoms with van der Waals surface area (Å²) in [6.45, 7) is 6.32. The van der Waals surface area contributed by atoms with Gasteiger partial charge < -0.3 is 14.2 Å². The van der Waals surface area contributed by atoms with Gasteiger partial charge in [-0.25, -0.2) is 0 Å². The molecular weight excluding hydrogens is 685 g/mol. The van der Waals surface area contributed by atoms with E-state index in [9.17, 15) is 14.4 Å². The zero-order valence-electron chi connectivity index (χ0n) is 35.4. The molecule has 55 heavy (non-hydrogen) atoms. The van der Waals surface area contributed by atoms with Crippen LogP contribution in [0.25, 0.3) is 0 Å². The lowest BCUT2D eigenvalue weighted by Gasteiger charge is -2.18. The summed E-state index contributed by atoms with van der Waals surface area (Å²) in [4.78, 5) is 37.6. The zero-order valence-corrected chi connectivity index (χ0v) is 35.4. The van der Waals surface area contributed by atoms with Gasteiger partial charge in [0.1, 0.15) is 13.2 Å². The Hall–Kier alpha value is -3.41. The maximum absolute atomic E-state index is 12.7.